The van der Waals surface area contributed by atoms with E-state index in [0.29, 0.717) is 0 Å². The molecule has 5 heteroatoms. The molecule has 2 rings (SSSR count). The van der Waals surface area contributed by atoms with E-state index in [-0.39, 0.29) is 30.4 Å². The number of hydrogen-bond donors (Lipinski definition) is 0. The molecule has 2 aromatic rings. The Hall–Kier alpha value is -2.14. The molecule has 0 spiro atoms. The normalized spacial score (nSPS) is 11.6. The lowest BCUT2D eigenvalue weighted by Gasteiger charge is -2.28. The monoisotopic (exact) mass is 389 g/mol. The Bertz CT molecular complexity index is 661. The summed E-state index contributed by atoms with van der Waals surface area (Å²) in [4.78, 5) is 25.9. The summed E-state index contributed by atoms with van der Waals surface area (Å²) in [6.07, 6.45) is 0. The minimum Gasteiger partial charge on any atom is -0.459 e. The molecular formula is C19H20BrNO3. The van der Waals surface area contributed by atoms with Gasteiger partial charge < -0.3 is 9.64 Å². The number of ether oxygens (including phenoxy) is 1. The fraction of sp³-hybridized carbons (Fsp3) is 0.263. The summed E-state index contributed by atoms with van der Waals surface area (Å²) in [6, 6.07) is 18.9. The quantitative estimate of drug-likeness (QED) is 0.535. The first-order chi connectivity index (χ1) is 11.6. The molecule has 1 atom stereocenters. The zero-order chi connectivity index (χ0) is 17.4. The SMILES string of the molecule is C[C@H](c1ccccc1)N(CC(=O)OCc1ccccc1)C(=O)CBr. The van der Waals surface area contributed by atoms with Crippen LogP contribution in [0.1, 0.15) is 24.1 Å². The molecule has 0 bridgehead atoms. The van der Waals surface area contributed by atoms with E-state index in [1.807, 2.05) is 67.6 Å². The van der Waals surface area contributed by atoms with Crippen LogP contribution in [0.15, 0.2) is 60.7 Å². The van der Waals surface area contributed by atoms with Gasteiger partial charge in [-0.05, 0) is 18.1 Å². The minimum atomic E-state index is -0.420. The van der Waals surface area contributed by atoms with E-state index in [2.05, 4.69) is 15.9 Å². The first-order valence-corrected chi connectivity index (χ1v) is 8.84. The van der Waals surface area contributed by atoms with Crippen molar-refractivity contribution in [3.63, 3.8) is 0 Å². The Morgan fingerprint density at radius 3 is 2.21 bits per heavy atom. The van der Waals surface area contributed by atoms with E-state index in [1.54, 1.807) is 0 Å². The second kappa shape index (κ2) is 9.23. The number of esters is 1. The van der Waals surface area contributed by atoms with Gasteiger partial charge in [-0.3, -0.25) is 9.59 Å². The number of benzene rings is 2. The van der Waals surface area contributed by atoms with Crippen molar-refractivity contribution in [3.8, 4) is 0 Å². The van der Waals surface area contributed by atoms with Gasteiger partial charge in [0.05, 0.1) is 11.4 Å². The van der Waals surface area contributed by atoms with E-state index >= 15 is 0 Å². The number of amides is 1. The molecule has 0 heterocycles. The van der Waals surface area contributed by atoms with E-state index in [0.717, 1.165) is 11.1 Å². The van der Waals surface area contributed by atoms with Gasteiger partial charge in [0, 0.05) is 0 Å². The van der Waals surface area contributed by atoms with Gasteiger partial charge >= 0.3 is 5.97 Å². The van der Waals surface area contributed by atoms with Crippen molar-refractivity contribution < 1.29 is 14.3 Å². The Morgan fingerprint density at radius 2 is 1.62 bits per heavy atom. The molecule has 126 valence electrons. The van der Waals surface area contributed by atoms with Crippen LogP contribution in [0, 0.1) is 0 Å². The van der Waals surface area contributed by atoms with E-state index < -0.39 is 5.97 Å². The van der Waals surface area contributed by atoms with Crippen molar-refractivity contribution in [1.29, 1.82) is 0 Å². The second-order valence-corrected chi connectivity index (χ2v) is 5.95. The maximum atomic E-state index is 12.2. The molecule has 24 heavy (non-hydrogen) atoms. The van der Waals surface area contributed by atoms with Crippen LogP contribution in [0.25, 0.3) is 0 Å². The molecule has 0 radical (unpaired) electrons. The van der Waals surface area contributed by atoms with Crippen LogP contribution in [-0.4, -0.2) is 28.7 Å². The molecule has 0 N–H and O–H groups in total. The highest BCUT2D eigenvalue weighted by atomic mass is 79.9. The number of nitrogens with zero attached hydrogens (tertiary/aromatic N) is 1. The summed E-state index contributed by atoms with van der Waals surface area (Å²) < 4.78 is 5.29. The van der Waals surface area contributed by atoms with Crippen LogP contribution >= 0.6 is 15.9 Å². The standard InChI is InChI=1S/C19H20BrNO3/c1-15(17-10-6-3-7-11-17)21(18(22)12-20)13-19(23)24-14-16-8-4-2-5-9-16/h2-11,15H,12-14H2,1H3/t15-/m1/s1. The van der Waals surface area contributed by atoms with Gasteiger partial charge in [-0.2, -0.15) is 0 Å². The highest BCUT2D eigenvalue weighted by Gasteiger charge is 2.23. The molecule has 0 saturated heterocycles. The predicted molar refractivity (Wildman–Crippen MR) is 96.6 cm³/mol. The summed E-state index contributed by atoms with van der Waals surface area (Å²) in [5.41, 5.74) is 1.89. The van der Waals surface area contributed by atoms with Crippen LogP contribution in [0.2, 0.25) is 0 Å². The van der Waals surface area contributed by atoms with Crippen LogP contribution in [-0.2, 0) is 20.9 Å². The van der Waals surface area contributed by atoms with Gasteiger partial charge in [-0.25, -0.2) is 0 Å². The summed E-state index contributed by atoms with van der Waals surface area (Å²) in [5, 5.41) is 0.163. The van der Waals surface area contributed by atoms with Gasteiger partial charge in [0.2, 0.25) is 5.91 Å². The minimum absolute atomic E-state index is 0.0761. The van der Waals surface area contributed by atoms with Gasteiger partial charge in [-0.15, -0.1) is 0 Å². The van der Waals surface area contributed by atoms with Gasteiger partial charge in [0.25, 0.3) is 0 Å². The van der Waals surface area contributed by atoms with Gasteiger partial charge in [0.1, 0.15) is 13.2 Å². The van der Waals surface area contributed by atoms with Gasteiger partial charge in [0.15, 0.2) is 0 Å². The molecule has 1 amide bonds. The highest BCUT2D eigenvalue weighted by Crippen LogP contribution is 2.20. The Kier molecular flexibility index (Phi) is 7.00. The lowest BCUT2D eigenvalue weighted by molar-refractivity contribution is -0.151. The lowest BCUT2D eigenvalue weighted by atomic mass is 10.1. The first kappa shape index (κ1) is 18.2. The average molecular weight is 390 g/mol. The molecular weight excluding hydrogens is 370 g/mol. The average Bonchev–Trinajstić information content (AvgIpc) is 2.65. The predicted octanol–water partition coefficient (Wildman–Crippen LogP) is 3.71. The van der Waals surface area contributed by atoms with Crippen molar-refractivity contribution in [3.05, 3.63) is 71.8 Å². The third kappa shape index (κ3) is 5.20. The maximum absolute atomic E-state index is 12.2. The Balaban J connectivity index is 2.00. The topological polar surface area (TPSA) is 46.6 Å². The van der Waals surface area contributed by atoms with Crippen LogP contribution in [0.5, 0.6) is 0 Å². The summed E-state index contributed by atoms with van der Waals surface area (Å²) in [6.45, 7) is 2.03. The smallest absolute Gasteiger partial charge is 0.325 e. The molecule has 4 nitrogen and oxygen atoms in total. The van der Waals surface area contributed by atoms with E-state index in [1.165, 1.54) is 4.90 Å². The largest absolute Gasteiger partial charge is 0.459 e. The summed E-state index contributed by atoms with van der Waals surface area (Å²) in [7, 11) is 0. The van der Waals surface area contributed by atoms with Crippen molar-refractivity contribution in [1.82, 2.24) is 4.90 Å². The molecule has 0 unspecified atom stereocenters. The number of alkyl halides is 1. The third-order valence-corrected chi connectivity index (χ3v) is 4.21. The van der Waals surface area contributed by atoms with Crippen molar-refractivity contribution in [2.45, 2.75) is 19.6 Å². The number of hydrogen-bond acceptors (Lipinski definition) is 3. The molecule has 0 aliphatic rings. The van der Waals surface area contributed by atoms with Gasteiger partial charge in [-0.1, -0.05) is 76.6 Å². The summed E-state index contributed by atoms with van der Waals surface area (Å²) >= 11 is 3.18. The molecule has 2 aromatic carbocycles. The van der Waals surface area contributed by atoms with Crippen molar-refractivity contribution in [2.24, 2.45) is 0 Å². The molecule has 0 aromatic heterocycles. The molecule has 0 fully saturated rings. The van der Waals surface area contributed by atoms with Crippen LogP contribution in [0.3, 0.4) is 0 Å². The Labute approximate surface area is 150 Å². The number of halogens is 1. The third-order valence-electron chi connectivity index (χ3n) is 3.73. The van der Waals surface area contributed by atoms with Crippen LogP contribution in [0.4, 0.5) is 0 Å². The van der Waals surface area contributed by atoms with Crippen molar-refractivity contribution >= 4 is 27.8 Å². The summed E-state index contributed by atoms with van der Waals surface area (Å²) in [5.74, 6) is -0.570. The van der Waals surface area contributed by atoms with Crippen molar-refractivity contribution in [2.75, 3.05) is 11.9 Å². The first-order valence-electron chi connectivity index (χ1n) is 7.71. The zero-order valence-electron chi connectivity index (χ0n) is 13.5. The van der Waals surface area contributed by atoms with E-state index in [9.17, 15) is 9.59 Å². The fourth-order valence-corrected chi connectivity index (χ4v) is 2.67. The number of carbonyl (C=O) groups excluding carboxylic acids is 2. The van der Waals surface area contributed by atoms with Crippen LogP contribution < -0.4 is 0 Å². The molecule has 0 aliphatic heterocycles. The Morgan fingerprint density at radius 1 is 1.04 bits per heavy atom. The lowest BCUT2D eigenvalue weighted by Crippen LogP contribution is -2.39. The maximum Gasteiger partial charge on any atom is 0.325 e. The zero-order valence-corrected chi connectivity index (χ0v) is 15.1. The molecule has 0 saturated carbocycles. The highest BCUT2D eigenvalue weighted by molar-refractivity contribution is 9.09. The molecule has 0 aliphatic carbocycles. The number of carbonyl (C=O) groups is 2. The number of rotatable bonds is 7. The fourth-order valence-electron chi connectivity index (χ4n) is 2.35. The van der Waals surface area contributed by atoms with E-state index in [4.69, 9.17) is 4.74 Å². The second-order valence-electron chi connectivity index (χ2n) is 5.39.